The molecule has 0 saturated carbocycles. The first-order valence-electron chi connectivity index (χ1n) is 7.96. The van der Waals surface area contributed by atoms with Crippen molar-refractivity contribution in [2.45, 2.75) is 12.5 Å². The predicted octanol–water partition coefficient (Wildman–Crippen LogP) is 4.36. The van der Waals surface area contributed by atoms with Crippen molar-refractivity contribution in [2.75, 3.05) is 0 Å². The molecule has 1 unspecified atom stereocenters. The van der Waals surface area contributed by atoms with Crippen molar-refractivity contribution in [1.29, 1.82) is 0 Å². The number of fused-ring (bicyclic) bond motifs is 4. The maximum Gasteiger partial charge on any atom is 0.340 e. The fraction of sp³-hybridized carbons (Fsp3) is 0.0952. The molecule has 0 bridgehead atoms. The topological polar surface area (TPSA) is 55.8 Å². The molecular weight excluding hydrogens is 316 g/mol. The van der Waals surface area contributed by atoms with E-state index in [1.54, 1.807) is 30.4 Å². The van der Waals surface area contributed by atoms with E-state index in [1.807, 2.05) is 31.2 Å². The SMILES string of the molecule is C=CC1=C(/C=C\C)C(=O)OC12c1ccccc1Oc1cc(O)ccc12. The molecule has 0 fully saturated rings. The van der Waals surface area contributed by atoms with Gasteiger partial charge in [-0.15, -0.1) is 0 Å². The second-order valence-electron chi connectivity index (χ2n) is 5.88. The van der Waals surface area contributed by atoms with E-state index < -0.39 is 11.6 Å². The number of allylic oxidation sites excluding steroid dienone is 1. The lowest BCUT2D eigenvalue weighted by molar-refractivity contribution is -0.144. The van der Waals surface area contributed by atoms with Gasteiger partial charge >= 0.3 is 5.97 Å². The van der Waals surface area contributed by atoms with Crippen molar-refractivity contribution >= 4 is 5.97 Å². The molecule has 0 amide bonds. The van der Waals surface area contributed by atoms with Gasteiger partial charge in [-0.05, 0) is 25.1 Å². The summed E-state index contributed by atoms with van der Waals surface area (Å²) < 4.78 is 11.9. The summed E-state index contributed by atoms with van der Waals surface area (Å²) in [6, 6.07) is 12.2. The fourth-order valence-electron chi connectivity index (χ4n) is 3.52. The summed E-state index contributed by atoms with van der Waals surface area (Å²) in [7, 11) is 0. The Kier molecular flexibility index (Phi) is 3.29. The minimum absolute atomic E-state index is 0.0791. The van der Waals surface area contributed by atoms with Gasteiger partial charge in [-0.2, -0.15) is 0 Å². The van der Waals surface area contributed by atoms with E-state index >= 15 is 0 Å². The maximum absolute atomic E-state index is 12.6. The Bertz CT molecular complexity index is 968. The van der Waals surface area contributed by atoms with Crippen molar-refractivity contribution in [3.8, 4) is 17.2 Å². The highest BCUT2D eigenvalue weighted by atomic mass is 16.6. The van der Waals surface area contributed by atoms with E-state index in [0.29, 0.717) is 28.2 Å². The Hall–Kier alpha value is -3.27. The summed E-state index contributed by atoms with van der Waals surface area (Å²) >= 11 is 0. The zero-order valence-corrected chi connectivity index (χ0v) is 13.7. The van der Waals surface area contributed by atoms with Crippen LogP contribution in [0.5, 0.6) is 17.2 Å². The van der Waals surface area contributed by atoms with Crippen LogP contribution in [0.4, 0.5) is 0 Å². The number of para-hydroxylation sites is 1. The number of phenolic OH excluding ortho intramolecular Hbond substituents is 1. The highest BCUT2D eigenvalue weighted by Crippen LogP contribution is 2.56. The number of phenols is 1. The summed E-state index contributed by atoms with van der Waals surface area (Å²) in [5, 5.41) is 9.85. The molecule has 25 heavy (non-hydrogen) atoms. The second kappa shape index (κ2) is 5.38. The average Bonchev–Trinajstić information content (AvgIpc) is 2.88. The van der Waals surface area contributed by atoms with E-state index in [9.17, 15) is 9.90 Å². The monoisotopic (exact) mass is 332 g/mol. The lowest BCUT2D eigenvalue weighted by atomic mass is 9.77. The standard InChI is InChI=1S/C21H16O4/c1-3-7-14-15(4-2)21(25-20(14)23)16-8-5-6-9-18(16)24-19-12-13(22)10-11-17(19)21/h3-12,22H,2H2,1H3/b7-3-. The molecular formula is C21H16O4. The van der Waals surface area contributed by atoms with E-state index in [1.165, 1.54) is 6.07 Å². The number of aromatic hydroxyl groups is 1. The molecule has 124 valence electrons. The Morgan fingerprint density at radius 1 is 1.12 bits per heavy atom. The number of esters is 1. The predicted molar refractivity (Wildman–Crippen MR) is 93.5 cm³/mol. The van der Waals surface area contributed by atoms with Crippen LogP contribution in [-0.2, 0) is 15.1 Å². The van der Waals surface area contributed by atoms with Crippen molar-refractivity contribution in [2.24, 2.45) is 0 Å². The molecule has 0 aromatic heterocycles. The minimum atomic E-state index is -1.13. The average molecular weight is 332 g/mol. The van der Waals surface area contributed by atoms with Gasteiger partial charge in [0.25, 0.3) is 0 Å². The lowest BCUT2D eigenvalue weighted by Crippen LogP contribution is -2.33. The van der Waals surface area contributed by atoms with Gasteiger partial charge in [-0.3, -0.25) is 0 Å². The highest BCUT2D eigenvalue weighted by molar-refractivity contribution is 5.98. The van der Waals surface area contributed by atoms with Gasteiger partial charge in [0.15, 0.2) is 5.60 Å². The van der Waals surface area contributed by atoms with E-state index in [-0.39, 0.29) is 5.75 Å². The molecule has 0 aliphatic carbocycles. The number of carbonyl (C=O) groups excluding carboxylic acids is 1. The minimum Gasteiger partial charge on any atom is -0.508 e. The van der Waals surface area contributed by atoms with Crippen LogP contribution in [0.2, 0.25) is 0 Å². The molecule has 4 rings (SSSR count). The second-order valence-corrected chi connectivity index (χ2v) is 5.88. The molecule has 2 heterocycles. The van der Waals surface area contributed by atoms with Crippen molar-refractivity contribution in [1.82, 2.24) is 0 Å². The number of hydrogen-bond acceptors (Lipinski definition) is 4. The van der Waals surface area contributed by atoms with E-state index in [0.717, 1.165) is 5.56 Å². The third-order valence-electron chi connectivity index (χ3n) is 4.50. The van der Waals surface area contributed by atoms with Gasteiger partial charge in [-0.25, -0.2) is 4.79 Å². The molecule has 2 aromatic carbocycles. The summed E-state index contributed by atoms with van der Waals surface area (Å²) in [6.07, 6.45) is 5.17. The van der Waals surface area contributed by atoms with E-state index in [2.05, 4.69) is 6.58 Å². The molecule has 2 aliphatic heterocycles. The van der Waals surface area contributed by atoms with Crippen LogP contribution in [-0.4, -0.2) is 11.1 Å². The summed E-state index contributed by atoms with van der Waals surface area (Å²) in [5.74, 6) is 0.696. The van der Waals surface area contributed by atoms with Gasteiger partial charge in [0, 0.05) is 22.8 Å². The first-order chi connectivity index (χ1) is 12.1. The molecule has 0 saturated heterocycles. The van der Waals surface area contributed by atoms with Gasteiger partial charge in [-0.1, -0.05) is 43.0 Å². The van der Waals surface area contributed by atoms with Gasteiger partial charge in [0.2, 0.25) is 0 Å². The van der Waals surface area contributed by atoms with Gasteiger partial charge in [0.1, 0.15) is 17.2 Å². The Morgan fingerprint density at radius 2 is 1.88 bits per heavy atom. The lowest BCUT2D eigenvalue weighted by Gasteiger charge is -2.37. The molecule has 1 atom stereocenters. The van der Waals surface area contributed by atoms with Crippen LogP contribution in [0.3, 0.4) is 0 Å². The largest absolute Gasteiger partial charge is 0.508 e. The number of rotatable bonds is 2. The zero-order chi connectivity index (χ0) is 17.6. The zero-order valence-electron chi connectivity index (χ0n) is 13.7. The number of hydrogen-bond donors (Lipinski definition) is 1. The van der Waals surface area contributed by atoms with Crippen LogP contribution in [0.15, 0.2) is 78.4 Å². The number of benzene rings is 2. The third-order valence-corrected chi connectivity index (χ3v) is 4.50. The summed E-state index contributed by atoms with van der Waals surface area (Å²) in [4.78, 5) is 12.6. The Balaban J connectivity index is 2.11. The van der Waals surface area contributed by atoms with Crippen LogP contribution in [0, 0.1) is 0 Å². The highest BCUT2D eigenvalue weighted by Gasteiger charge is 2.53. The molecule has 0 radical (unpaired) electrons. The quantitative estimate of drug-likeness (QED) is 0.830. The molecule has 2 aromatic rings. The van der Waals surface area contributed by atoms with Gasteiger partial charge < -0.3 is 14.6 Å². The van der Waals surface area contributed by atoms with Crippen LogP contribution in [0.25, 0.3) is 0 Å². The molecule has 4 heteroatoms. The third kappa shape index (κ3) is 1.97. The van der Waals surface area contributed by atoms with Crippen LogP contribution < -0.4 is 4.74 Å². The molecule has 4 nitrogen and oxygen atoms in total. The fourth-order valence-corrected chi connectivity index (χ4v) is 3.52. The van der Waals surface area contributed by atoms with Crippen LogP contribution in [0.1, 0.15) is 18.1 Å². The normalized spacial score (nSPS) is 21.1. The first kappa shape index (κ1) is 15.3. The van der Waals surface area contributed by atoms with E-state index in [4.69, 9.17) is 9.47 Å². The molecule has 2 aliphatic rings. The number of carbonyl (C=O) groups is 1. The molecule has 1 N–H and O–H groups in total. The van der Waals surface area contributed by atoms with Crippen molar-refractivity contribution in [3.05, 3.63) is 89.5 Å². The van der Waals surface area contributed by atoms with Crippen molar-refractivity contribution in [3.63, 3.8) is 0 Å². The molecule has 1 spiro atoms. The smallest absolute Gasteiger partial charge is 0.340 e. The van der Waals surface area contributed by atoms with Gasteiger partial charge in [0.05, 0.1) is 5.57 Å². The summed E-state index contributed by atoms with van der Waals surface area (Å²) in [6.45, 7) is 5.75. The summed E-state index contributed by atoms with van der Waals surface area (Å²) in [5.41, 5.74) is 1.39. The Labute approximate surface area is 145 Å². The van der Waals surface area contributed by atoms with Crippen LogP contribution >= 0.6 is 0 Å². The van der Waals surface area contributed by atoms with Crippen molar-refractivity contribution < 1.29 is 19.4 Å². The first-order valence-corrected chi connectivity index (χ1v) is 7.96. The maximum atomic E-state index is 12.6. The number of ether oxygens (including phenoxy) is 2. The Morgan fingerprint density at radius 3 is 2.64 bits per heavy atom.